The minimum absolute atomic E-state index is 0.0148. The number of hydrogen-bond acceptors (Lipinski definition) is 6. The van der Waals surface area contributed by atoms with Crippen LogP contribution < -0.4 is 10.6 Å². The maximum atomic E-state index is 12.1. The van der Waals surface area contributed by atoms with E-state index < -0.39 is 15.7 Å². The Morgan fingerprint density at radius 2 is 1.96 bits per heavy atom. The zero-order valence-corrected chi connectivity index (χ0v) is 14.0. The van der Waals surface area contributed by atoms with Gasteiger partial charge in [-0.3, -0.25) is 4.79 Å². The molecule has 0 saturated carbocycles. The number of rotatable bonds is 4. The van der Waals surface area contributed by atoms with Crippen molar-refractivity contribution >= 4 is 27.2 Å². The summed E-state index contributed by atoms with van der Waals surface area (Å²) in [5.41, 5.74) is 2.15. The van der Waals surface area contributed by atoms with Crippen LogP contribution in [0.15, 0.2) is 36.4 Å². The van der Waals surface area contributed by atoms with Crippen LogP contribution in [0.1, 0.15) is 22.5 Å². The molecule has 1 saturated heterocycles. The van der Waals surface area contributed by atoms with Crippen LogP contribution >= 0.6 is 0 Å². The number of para-hydroxylation sites is 1. The molecular formula is C16H18N4O3S. The smallest absolute Gasteiger partial charge is 0.272 e. The normalized spacial score (nSPS) is 19.0. The Kier molecular flexibility index (Phi) is 4.48. The summed E-state index contributed by atoms with van der Waals surface area (Å²) in [5, 5.41) is 13.7. The largest absolute Gasteiger partial charge is 0.347 e. The summed E-state index contributed by atoms with van der Waals surface area (Å²) in [4.78, 5) is 12.1. The average molecular weight is 346 g/mol. The predicted octanol–water partition coefficient (Wildman–Crippen LogP) is 1.45. The van der Waals surface area contributed by atoms with Crippen LogP contribution in [-0.2, 0) is 9.84 Å². The Morgan fingerprint density at radius 1 is 1.17 bits per heavy atom. The summed E-state index contributed by atoms with van der Waals surface area (Å²) < 4.78 is 22.8. The third-order valence-corrected chi connectivity index (χ3v) is 5.64. The molecular weight excluding hydrogens is 328 g/mol. The van der Waals surface area contributed by atoms with Crippen molar-refractivity contribution < 1.29 is 13.2 Å². The molecule has 1 fully saturated rings. The molecule has 24 heavy (non-hydrogen) atoms. The number of benzene rings is 1. The first-order valence-corrected chi connectivity index (χ1v) is 9.43. The van der Waals surface area contributed by atoms with Crippen molar-refractivity contribution in [1.29, 1.82) is 0 Å². The van der Waals surface area contributed by atoms with Gasteiger partial charge in [-0.15, -0.1) is 10.2 Å². The van der Waals surface area contributed by atoms with Crippen LogP contribution in [0.25, 0.3) is 0 Å². The molecule has 126 valence electrons. The van der Waals surface area contributed by atoms with E-state index in [0.717, 1.165) is 11.3 Å². The molecule has 2 N–H and O–H groups in total. The Balaban J connectivity index is 1.64. The van der Waals surface area contributed by atoms with Gasteiger partial charge in [0, 0.05) is 11.7 Å². The highest BCUT2D eigenvalue weighted by Gasteiger charge is 2.29. The second-order valence-electron chi connectivity index (χ2n) is 5.82. The molecule has 0 aliphatic carbocycles. The average Bonchev–Trinajstić information content (AvgIpc) is 2.89. The van der Waals surface area contributed by atoms with Crippen LogP contribution in [0.5, 0.6) is 0 Å². The Morgan fingerprint density at radius 3 is 2.58 bits per heavy atom. The van der Waals surface area contributed by atoms with Crippen LogP contribution in [0.2, 0.25) is 0 Å². The van der Waals surface area contributed by atoms with Gasteiger partial charge >= 0.3 is 0 Å². The van der Waals surface area contributed by atoms with Crippen molar-refractivity contribution in [3.8, 4) is 0 Å². The van der Waals surface area contributed by atoms with Gasteiger partial charge in [0.05, 0.1) is 11.5 Å². The van der Waals surface area contributed by atoms with Crippen LogP contribution in [-0.4, -0.2) is 42.1 Å². The lowest BCUT2D eigenvalue weighted by atomic mass is 10.2. The van der Waals surface area contributed by atoms with Gasteiger partial charge in [0.25, 0.3) is 5.91 Å². The van der Waals surface area contributed by atoms with Crippen molar-refractivity contribution in [2.75, 3.05) is 16.8 Å². The van der Waals surface area contributed by atoms with E-state index in [9.17, 15) is 13.2 Å². The van der Waals surface area contributed by atoms with Gasteiger partial charge < -0.3 is 10.6 Å². The number of nitrogens with one attached hydrogen (secondary N) is 2. The van der Waals surface area contributed by atoms with Crippen LogP contribution in [0, 0.1) is 6.92 Å². The van der Waals surface area contributed by atoms with E-state index in [1.165, 1.54) is 0 Å². The van der Waals surface area contributed by atoms with Crippen molar-refractivity contribution in [3.63, 3.8) is 0 Å². The number of nitrogens with zero attached hydrogens (tertiary/aromatic N) is 2. The Bertz CT molecular complexity index is 850. The number of hydrogen-bond donors (Lipinski definition) is 2. The molecule has 0 spiro atoms. The summed E-state index contributed by atoms with van der Waals surface area (Å²) in [7, 11) is -3.03. The van der Waals surface area contributed by atoms with E-state index in [1.807, 2.05) is 31.2 Å². The maximum absolute atomic E-state index is 12.1. The number of amides is 1. The molecule has 1 amide bonds. The standard InChI is InChI=1S/C16H18N4O3S/c1-11-4-2-3-5-13(11)18-15-7-6-14(19-20-15)16(21)17-12-8-9-24(22,23)10-12/h2-7,12H,8-10H2,1H3,(H,17,21)(H,18,20). The molecule has 1 unspecified atom stereocenters. The first-order chi connectivity index (χ1) is 11.4. The molecule has 2 aromatic rings. The number of sulfone groups is 1. The van der Waals surface area contributed by atoms with Crippen LogP contribution in [0.3, 0.4) is 0 Å². The molecule has 0 radical (unpaired) electrons. The SMILES string of the molecule is Cc1ccccc1Nc1ccc(C(=O)NC2CCS(=O)(=O)C2)nn1. The van der Waals surface area contributed by atoms with Crippen LogP contribution in [0.4, 0.5) is 11.5 Å². The minimum Gasteiger partial charge on any atom is -0.347 e. The van der Waals surface area contributed by atoms with Crippen molar-refractivity contribution in [1.82, 2.24) is 15.5 Å². The van der Waals surface area contributed by atoms with Crippen molar-refractivity contribution in [2.45, 2.75) is 19.4 Å². The monoisotopic (exact) mass is 346 g/mol. The minimum atomic E-state index is -3.03. The molecule has 3 rings (SSSR count). The molecule has 2 heterocycles. The highest BCUT2D eigenvalue weighted by Crippen LogP contribution is 2.18. The second-order valence-corrected chi connectivity index (χ2v) is 8.05. The number of carbonyl (C=O) groups is 1. The van der Waals surface area contributed by atoms with Gasteiger partial charge in [0.15, 0.2) is 21.3 Å². The number of aryl methyl sites for hydroxylation is 1. The lowest BCUT2D eigenvalue weighted by molar-refractivity contribution is 0.0935. The van der Waals surface area contributed by atoms with Gasteiger partial charge in [-0.2, -0.15) is 0 Å². The summed E-state index contributed by atoms with van der Waals surface area (Å²) in [6.07, 6.45) is 0.439. The predicted molar refractivity (Wildman–Crippen MR) is 91.0 cm³/mol. The van der Waals surface area contributed by atoms with E-state index >= 15 is 0 Å². The van der Waals surface area contributed by atoms with E-state index in [4.69, 9.17) is 0 Å². The molecule has 8 heteroatoms. The number of carbonyl (C=O) groups excluding carboxylic acids is 1. The van der Waals surface area contributed by atoms with Crippen molar-refractivity contribution in [3.05, 3.63) is 47.7 Å². The molecule has 1 aliphatic rings. The van der Waals surface area contributed by atoms with Gasteiger partial charge in [-0.05, 0) is 37.1 Å². The lowest BCUT2D eigenvalue weighted by Gasteiger charge is -2.11. The Labute approximate surface area is 140 Å². The molecule has 1 aliphatic heterocycles. The molecule has 7 nitrogen and oxygen atoms in total. The second kappa shape index (κ2) is 6.56. The van der Waals surface area contributed by atoms with Gasteiger partial charge in [-0.25, -0.2) is 8.42 Å². The van der Waals surface area contributed by atoms with E-state index in [0.29, 0.717) is 12.2 Å². The van der Waals surface area contributed by atoms with Gasteiger partial charge in [0.2, 0.25) is 0 Å². The number of aromatic nitrogens is 2. The number of anilines is 2. The van der Waals surface area contributed by atoms with E-state index in [1.54, 1.807) is 12.1 Å². The zero-order valence-electron chi connectivity index (χ0n) is 13.2. The fourth-order valence-corrected chi connectivity index (χ4v) is 4.21. The van der Waals surface area contributed by atoms with Gasteiger partial charge in [0.1, 0.15) is 0 Å². The maximum Gasteiger partial charge on any atom is 0.272 e. The highest BCUT2D eigenvalue weighted by atomic mass is 32.2. The summed E-state index contributed by atoms with van der Waals surface area (Å²) >= 11 is 0. The lowest BCUT2D eigenvalue weighted by Crippen LogP contribution is -2.36. The first kappa shape index (κ1) is 16.4. The van der Waals surface area contributed by atoms with E-state index in [2.05, 4.69) is 20.8 Å². The molecule has 1 atom stereocenters. The highest BCUT2D eigenvalue weighted by molar-refractivity contribution is 7.91. The van der Waals surface area contributed by atoms with E-state index in [-0.39, 0.29) is 23.2 Å². The Hall–Kier alpha value is -2.48. The molecule has 0 bridgehead atoms. The van der Waals surface area contributed by atoms with Gasteiger partial charge in [-0.1, -0.05) is 18.2 Å². The fourth-order valence-electron chi connectivity index (χ4n) is 2.54. The third kappa shape index (κ3) is 3.88. The topological polar surface area (TPSA) is 101 Å². The fraction of sp³-hybridized carbons (Fsp3) is 0.312. The molecule has 1 aromatic heterocycles. The first-order valence-electron chi connectivity index (χ1n) is 7.61. The molecule has 1 aromatic carbocycles. The zero-order chi connectivity index (χ0) is 17.2. The van der Waals surface area contributed by atoms with Crippen molar-refractivity contribution in [2.24, 2.45) is 0 Å². The summed E-state index contributed by atoms with van der Waals surface area (Å²) in [6.45, 7) is 1.98. The summed E-state index contributed by atoms with van der Waals surface area (Å²) in [6, 6.07) is 10.6. The quantitative estimate of drug-likeness (QED) is 0.869. The third-order valence-electron chi connectivity index (χ3n) is 3.87. The summed E-state index contributed by atoms with van der Waals surface area (Å²) in [5.74, 6) is 0.221.